The summed E-state index contributed by atoms with van der Waals surface area (Å²) in [4.78, 5) is 11.7. The van der Waals surface area contributed by atoms with Gasteiger partial charge in [-0.2, -0.15) is 0 Å². The molecule has 4 nitrogen and oxygen atoms in total. The molecule has 3 N–H and O–H groups in total. The molecule has 0 aromatic heterocycles. The third-order valence-corrected chi connectivity index (χ3v) is 3.30. The van der Waals surface area contributed by atoms with Crippen LogP contribution in [0.2, 0.25) is 5.02 Å². The fourth-order valence-corrected chi connectivity index (χ4v) is 2.05. The molecule has 0 bridgehead atoms. The molecular formula is C15H12ClF3N2O2. The first-order valence-electron chi connectivity index (χ1n) is 6.50. The van der Waals surface area contributed by atoms with Crippen molar-refractivity contribution in [1.82, 2.24) is 5.32 Å². The van der Waals surface area contributed by atoms with Crippen LogP contribution in [0.4, 0.5) is 23.7 Å². The second-order valence-corrected chi connectivity index (χ2v) is 5.02. The van der Waals surface area contributed by atoms with Crippen molar-refractivity contribution in [2.45, 2.75) is 6.10 Å². The Bertz CT molecular complexity index is 708. The van der Waals surface area contributed by atoms with Crippen LogP contribution in [0.5, 0.6) is 0 Å². The van der Waals surface area contributed by atoms with Gasteiger partial charge in [0, 0.05) is 6.54 Å². The average molecular weight is 345 g/mol. The van der Waals surface area contributed by atoms with E-state index < -0.39 is 41.7 Å². The van der Waals surface area contributed by atoms with E-state index >= 15 is 0 Å². The Labute approximate surface area is 134 Å². The van der Waals surface area contributed by atoms with Crippen molar-refractivity contribution in [3.05, 3.63) is 64.4 Å². The van der Waals surface area contributed by atoms with E-state index in [9.17, 15) is 23.1 Å². The summed E-state index contributed by atoms with van der Waals surface area (Å²) >= 11 is 5.78. The normalized spacial score (nSPS) is 11.9. The maximum Gasteiger partial charge on any atom is 0.319 e. The summed E-state index contributed by atoms with van der Waals surface area (Å²) in [6, 6.07) is 5.73. The standard InChI is InChI=1S/C15H12ClF3N2O2/c16-9-5-4-8(17)6-12(9)21-15(23)20-7-13(22)14-10(18)2-1-3-11(14)19/h1-6,13,22H,7H2,(H2,20,21,23). The fourth-order valence-electron chi connectivity index (χ4n) is 1.88. The highest BCUT2D eigenvalue weighted by Crippen LogP contribution is 2.23. The van der Waals surface area contributed by atoms with Crippen LogP contribution in [0.15, 0.2) is 36.4 Å². The number of nitrogens with one attached hydrogen (secondary N) is 2. The van der Waals surface area contributed by atoms with Crippen LogP contribution in [-0.4, -0.2) is 17.7 Å². The van der Waals surface area contributed by atoms with Crippen molar-refractivity contribution in [2.24, 2.45) is 0 Å². The van der Waals surface area contributed by atoms with E-state index in [0.29, 0.717) is 0 Å². The second kappa shape index (κ2) is 7.34. The van der Waals surface area contributed by atoms with Gasteiger partial charge in [-0.15, -0.1) is 0 Å². The van der Waals surface area contributed by atoms with Gasteiger partial charge in [-0.25, -0.2) is 18.0 Å². The largest absolute Gasteiger partial charge is 0.386 e. The highest BCUT2D eigenvalue weighted by Gasteiger charge is 2.18. The van der Waals surface area contributed by atoms with E-state index in [1.54, 1.807) is 0 Å². The molecule has 0 spiro atoms. The molecule has 0 saturated heterocycles. The molecule has 0 aliphatic carbocycles. The van der Waals surface area contributed by atoms with E-state index in [-0.39, 0.29) is 10.7 Å². The molecule has 1 atom stereocenters. The Balaban J connectivity index is 1.98. The van der Waals surface area contributed by atoms with Crippen molar-refractivity contribution in [3.63, 3.8) is 0 Å². The monoisotopic (exact) mass is 344 g/mol. The number of carbonyl (C=O) groups excluding carboxylic acids is 1. The van der Waals surface area contributed by atoms with E-state index in [2.05, 4.69) is 10.6 Å². The molecule has 8 heteroatoms. The number of anilines is 1. The first-order valence-corrected chi connectivity index (χ1v) is 6.88. The fraction of sp³-hybridized carbons (Fsp3) is 0.133. The lowest BCUT2D eigenvalue weighted by atomic mass is 10.1. The van der Waals surface area contributed by atoms with Gasteiger partial charge >= 0.3 is 6.03 Å². The van der Waals surface area contributed by atoms with Crippen molar-refractivity contribution < 1.29 is 23.1 Å². The smallest absolute Gasteiger partial charge is 0.319 e. The van der Waals surface area contributed by atoms with Gasteiger partial charge in [0.15, 0.2) is 0 Å². The van der Waals surface area contributed by atoms with Gasteiger partial charge in [0.1, 0.15) is 23.6 Å². The lowest BCUT2D eigenvalue weighted by molar-refractivity contribution is 0.166. The molecule has 122 valence electrons. The number of urea groups is 1. The molecule has 0 radical (unpaired) electrons. The van der Waals surface area contributed by atoms with E-state index in [0.717, 1.165) is 30.3 Å². The number of hydrogen-bond acceptors (Lipinski definition) is 2. The molecule has 0 heterocycles. The zero-order valence-electron chi connectivity index (χ0n) is 11.6. The number of amides is 2. The van der Waals surface area contributed by atoms with Gasteiger partial charge in [-0.3, -0.25) is 0 Å². The van der Waals surface area contributed by atoms with Crippen LogP contribution < -0.4 is 10.6 Å². The highest BCUT2D eigenvalue weighted by molar-refractivity contribution is 6.33. The molecule has 1 unspecified atom stereocenters. The zero-order valence-corrected chi connectivity index (χ0v) is 12.4. The predicted octanol–water partition coefficient (Wildman–Crippen LogP) is 3.61. The predicted molar refractivity (Wildman–Crippen MR) is 79.7 cm³/mol. The number of carbonyl (C=O) groups is 1. The van der Waals surface area contributed by atoms with Gasteiger partial charge in [-0.1, -0.05) is 17.7 Å². The van der Waals surface area contributed by atoms with Crippen molar-refractivity contribution in [3.8, 4) is 0 Å². The number of halogens is 4. The third-order valence-electron chi connectivity index (χ3n) is 2.97. The van der Waals surface area contributed by atoms with E-state index in [4.69, 9.17) is 11.6 Å². The minimum atomic E-state index is -1.58. The Kier molecular flexibility index (Phi) is 5.46. The van der Waals surface area contributed by atoms with Crippen molar-refractivity contribution in [2.75, 3.05) is 11.9 Å². The molecule has 2 amide bonds. The molecule has 0 saturated carbocycles. The van der Waals surface area contributed by atoms with Gasteiger partial charge < -0.3 is 15.7 Å². The van der Waals surface area contributed by atoms with E-state index in [1.807, 2.05) is 0 Å². The molecule has 2 rings (SSSR count). The molecule has 23 heavy (non-hydrogen) atoms. The molecule has 0 aliphatic heterocycles. The summed E-state index contributed by atoms with van der Waals surface area (Å²) in [5, 5.41) is 14.4. The first-order chi connectivity index (χ1) is 10.9. The zero-order chi connectivity index (χ0) is 17.0. The van der Waals surface area contributed by atoms with Gasteiger partial charge in [0.25, 0.3) is 0 Å². The number of rotatable bonds is 4. The Hall–Kier alpha value is -2.25. The lowest BCUT2D eigenvalue weighted by Crippen LogP contribution is -2.33. The van der Waals surface area contributed by atoms with E-state index in [1.165, 1.54) is 6.07 Å². The highest BCUT2D eigenvalue weighted by atomic mass is 35.5. The summed E-state index contributed by atoms with van der Waals surface area (Å²) in [6.07, 6.45) is -1.58. The average Bonchev–Trinajstić information content (AvgIpc) is 2.49. The first kappa shape index (κ1) is 17.1. The molecule has 2 aromatic carbocycles. The SMILES string of the molecule is O=C(NCC(O)c1c(F)cccc1F)Nc1cc(F)ccc1Cl. The Morgan fingerprint density at radius 1 is 1.17 bits per heavy atom. The van der Waals surface area contributed by atoms with Crippen LogP contribution in [0.3, 0.4) is 0 Å². The van der Waals surface area contributed by atoms with Crippen LogP contribution in [-0.2, 0) is 0 Å². The molecule has 2 aromatic rings. The van der Waals surface area contributed by atoms with Gasteiger partial charge in [-0.05, 0) is 30.3 Å². The number of aliphatic hydroxyl groups is 1. The van der Waals surface area contributed by atoms with Crippen LogP contribution in [0, 0.1) is 17.5 Å². The third kappa shape index (κ3) is 4.37. The lowest BCUT2D eigenvalue weighted by Gasteiger charge is -2.14. The minimum Gasteiger partial charge on any atom is -0.386 e. The number of hydrogen-bond donors (Lipinski definition) is 3. The summed E-state index contributed by atoms with van der Waals surface area (Å²) in [5.74, 6) is -2.45. The van der Waals surface area contributed by atoms with Crippen molar-refractivity contribution >= 4 is 23.3 Å². The minimum absolute atomic E-state index is 0.0238. The van der Waals surface area contributed by atoms with Crippen LogP contribution in [0.25, 0.3) is 0 Å². The number of benzene rings is 2. The summed E-state index contributed by atoms with van der Waals surface area (Å²) < 4.78 is 40.0. The Morgan fingerprint density at radius 3 is 2.48 bits per heavy atom. The van der Waals surface area contributed by atoms with Crippen molar-refractivity contribution in [1.29, 1.82) is 0 Å². The summed E-state index contributed by atoms with van der Waals surface area (Å²) in [6.45, 7) is -0.448. The molecular weight excluding hydrogens is 333 g/mol. The topological polar surface area (TPSA) is 61.4 Å². The van der Waals surface area contributed by atoms with Crippen LogP contribution in [0.1, 0.15) is 11.7 Å². The Morgan fingerprint density at radius 2 is 1.83 bits per heavy atom. The van der Waals surface area contributed by atoms with Gasteiger partial charge in [0.05, 0.1) is 16.3 Å². The molecule has 0 fully saturated rings. The quantitative estimate of drug-likeness (QED) is 0.793. The van der Waals surface area contributed by atoms with Gasteiger partial charge in [0.2, 0.25) is 0 Å². The summed E-state index contributed by atoms with van der Waals surface area (Å²) in [7, 11) is 0. The second-order valence-electron chi connectivity index (χ2n) is 4.61. The maximum atomic E-state index is 13.5. The summed E-state index contributed by atoms with van der Waals surface area (Å²) in [5.41, 5.74) is -0.521. The maximum absolute atomic E-state index is 13.5. The number of aliphatic hydroxyl groups excluding tert-OH is 1. The molecule has 0 aliphatic rings. The van der Waals surface area contributed by atoms with Crippen LogP contribution >= 0.6 is 11.6 Å².